The maximum absolute atomic E-state index is 11.7. The van der Waals surface area contributed by atoms with Crippen molar-refractivity contribution < 1.29 is 13.2 Å². The molecule has 6 heteroatoms. The first-order valence-corrected chi connectivity index (χ1v) is 7.89. The van der Waals surface area contributed by atoms with Gasteiger partial charge in [0.05, 0.1) is 12.8 Å². The summed E-state index contributed by atoms with van der Waals surface area (Å²) in [5, 5.41) is 0. The summed E-state index contributed by atoms with van der Waals surface area (Å²) >= 11 is 0. The zero-order valence-electron chi connectivity index (χ0n) is 10.8. The largest absolute Gasteiger partial charge is 0.298 e. The quantitative estimate of drug-likeness (QED) is 0.709. The summed E-state index contributed by atoms with van der Waals surface area (Å²) in [7, 11) is -3.08. The molecule has 5 nitrogen and oxygen atoms in total. The van der Waals surface area contributed by atoms with Gasteiger partial charge < -0.3 is 0 Å². The zero-order valence-corrected chi connectivity index (χ0v) is 11.7. The minimum absolute atomic E-state index is 0.0999. The van der Waals surface area contributed by atoms with E-state index in [0.717, 1.165) is 6.42 Å². The molecule has 0 aromatic carbocycles. The predicted molar refractivity (Wildman–Crippen MR) is 67.3 cm³/mol. The van der Waals surface area contributed by atoms with Gasteiger partial charge in [0.2, 0.25) is 10.0 Å². The Morgan fingerprint density at radius 1 is 1.24 bits per heavy atom. The molecule has 0 aromatic rings. The second kappa shape index (κ2) is 5.93. The fourth-order valence-electron chi connectivity index (χ4n) is 1.82. The summed E-state index contributed by atoms with van der Waals surface area (Å²) in [5.74, 6) is 0.350. The summed E-state index contributed by atoms with van der Waals surface area (Å²) in [5.41, 5.74) is 0. The van der Waals surface area contributed by atoms with Crippen LogP contribution in [0.5, 0.6) is 0 Å². The van der Waals surface area contributed by atoms with Crippen molar-refractivity contribution in [3.05, 3.63) is 0 Å². The molecule has 0 aromatic heterocycles. The molecule has 0 bridgehead atoms. The Bertz CT molecular complexity index is 359. The van der Waals surface area contributed by atoms with Crippen molar-refractivity contribution in [3.8, 4) is 0 Å². The molecule has 0 spiro atoms. The molecule has 1 aliphatic rings. The number of ketones is 1. The summed E-state index contributed by atoms with van der Waals surface area (Å²) in [4.78, 5) is 13.8. The summed E-state index contributed by atoms with van der Waals surface area (Å²) in [6.45, 7) is 6.68. The number of sulfonamides is 1. The van der Waals surface area contributed by atoms with Crippen LogP contribution in [-0.4, -0.2) is 62.4 Å². The highest BCUT2D eigenvalue weighted by atomic mass is 32.2. The first-order chi connectivity index (χ1) is 7.84. The number of carbonyl (C=O) groups is 1. The SMILES string of the molecule is CCC(C)C(=O)CN1CCN(S(C)(=O)=O)CC1. The van der Waals surface area contributed by atoms with Gasteiger partial charge in [-0.15, -0.1) is 0 Å². The van der Waals surface area contributed by atoms with E-state index < -0.39 is 10.0 Å². The van der Waals surface area contributed by atoms with Gasteiger partial charge in [-0.05, 0) is 6.42 Å². The number of nitrogens with zero attached hydrogens (tertiary/aromatic N) is 2. The Labute approximate surface area is 104 Å². The Morgan fingerprint density at radius 2 is 1.76 bits per heavy atom. The molecule has 1 fully saturated rings. The highest BCUT2D eigenvalue weighted by Gasteiger charge is 2.25. The first-order valence-electron chi connectivity index (χ1n) is 6.04. The van der Waals surface area contributed by atoms with Crippen molar-refractivity contribution in [1.29, 1.82) is 0 Å². The number of piperazine rings is 1. The van der Waals surface area contributed by atoms with E-state index in [1.54, 1.807) is 0 Å². The van der Waals surface area contributed by atoms with E-state index in [0.29, 0.717) is 32.7 Å². The van der Waals surface area contributed by atoms with Crippen molar-refractivity contribution in [2.75, 3.05) is 39.0 Å². The van der Waals surface area contributed by atoms with Gasteiger partial charge in [-0.2, -0.15) is 4.31 Å². The number of Topliss-reactive ketones (excluding diaryl/α,β-unsaturated/α-hetero) is 1. The Balaban J connectivity index is 2.40. The molecule has 1 atom stereocenters. The average molecular weight is 262 g/mol. The van der Waals surface area contributed by atoms with Crippen molar-refractivity contribution in [3.63, 3.8) is 0 Å². The molecule has 0 saturated carbocycles. The minimum Gasteiger partial charge on any atom is -0.298 e. The first kappa shape index (κ1) is 14.6. The Hall–Kier alpha value is -0.460. The molecule has 100 valence electrons. The van der Waals surface area contributed by atoms with E-state index in [-0.39, 0.29) is 11.7 Å². The third kappa shape index (κ3) is 4.37. The molecule has 0 radical (unpaired) electrons. The minimum atomic E-state index is -3.08. The molecule has 0 amide bonds. The number of hydrogen-bond acceptors (Lipinski definition) is 4. The van der Waals surface area contributed by atoms with Gasteiger partial charge in [-0.1, -0.05) is 13.8 Å². The number of hydrogen-bond donors (Lipinski definition) is 0. The second-order valence-corrected chi connectivity index (χ2v) is 6.70. The van der Waals surface area contributed by atoms with Gasteiger partial charge in [0.25, 0.3) is 0 Å². The monoisotopic (exact) mass is 262 g/mol. The summed E-state index contributed by atoms with van der Waals surface area (Å²) in [6, 6.07) is 0. The third-order valence-corrected chi connectivity index (χ3v) is 4.64. The predicted octanol–water partition coefficient (Wildman–Crippen LogP) is 0.179. The van der Waals surface area contributed by atoms with Crippen LogP contribution in [0, 0.1) is 5.92 Å². The molecular weight excluding hydrogens is 240 g/mol. The molecule has 17 heavy (non-hydrogen) atoms. The molecule has 1 unspecified atom stereocenters. The van der Waals surface area contributed by atoms with Crippen molar-refractivity contribution in [2.45, 2.75) is 20.3 Å². The van der Waals surface area contributed by atoms with Crippen LogP contribution in [-0.2, 0) is 14.8 Å². The standard InChI is InChI=1S/C11H22N2O3S/c1-4-10(2)11(14)9-12-5-7-13(8-6-12)17(3,15)16/h10H,4-9H2,1-3H3. The van der Waals surface area contributed by atoms with E-state index in [1.165, 1.54) is 10.6 Å². The smallest absolute Gasteiger partial charge is 0.211 e. The molecular formula is C11H22N2O3S. The van der Waals surface area contributed by atoms with E-state index in [2.05, 4.69) is 0 Å². The Morgan fingerprint density at radius 3 is 2.18 bits per heavy atom. The van der Waals surface area contributed by atoms with Gasteiger partial charge >= 0.3 is 0 Å². The topological polar surface area (TPSA) is 57.7 Å². The zero-order chi connectivity index (χ0) is 13.1. The molecule has 1 aliphatic heterocycles. The second-order valence-electron chi connectivity index (χ2n) is 4.71. The maximum atomic E-state index is 11.7. The van der Waals surface area contributed by atoms with E-state index in [9.17, 15) is 13.2 Å². The van der Waals surface area contributed by atoms with Crippen molar-refractivity contribution in [2.24, 2.45) is 5.92 Å². The summed E-state index contributed by atoms with van der Waals surface area (Å²) in [6.07, 6.45) is 2.09. The molecule has 0 aliphatic carbocycles. The summed E-state index contributed by atoms with van der Waals surface area (Å²) < 4.78 is 24.1. The molecule has 0 N–H and O–H groups in total. The van der Waals surface area contributed by atoms with Crippen LogP contribution in [0.3, 0.4) is 0 Å². The van der Waals surface area contributed by atoms with Gasteiger partial charge in [-0.3, -0.25) is 9.69 Å². The van der Waals surface area contributed by atoms with Crippen LogP contribution < -0.4 is 0 Å². The number of rotatable bonds is 5. The average Bonchev–Trinajstić information content (AvgIpc) is 2.27. The van der Waals surface area contributed by atoms with E-state index >= 15 is 0 Å². The lowest BCUT2D eigenvalue weighted by Gasteiger charge is -2.33. The third-order valence-electron chi connectivity index (χ3n) is 3.34. The van der Waals surface area contributed by atoms with Crippen molar-refractivity contribution >= 4 is 15.8 Å². The lowest BCUT2D eigenvalue weighted by atomic mass is 10.0. The lowest BCUT2D eigenvalue weighted by molar-refractivity contribution is -0.123. The number of carbonyl (C=O) groups excluding carboxylic acids is 1. The molecule has 1 rings (SSSR count). The highest BCUT2D eigenvalue weighted by Crippen LogP contribution is 2.08. The van der Waals surface area contributed by atoms with Crippen LogP contribution in [0.25, 0.3) is 0 Å². The van der Waals surface area contributed by atoms with Crippen LogP contribution in [0.15, 0.2) is 0 Å². The normalized spacial score (nSPS) is 21.4. The van der Waals surface area contributed by atoms with E-state index in [1.807, 2.05) is 18.7 Å². The highest BCUT2D eigenvalue weighted by molar-refractivity contribution is 7.88. The van der Waals surface area contributed by atoms with Gasteiger partial charge in [0.1, 0.15) is 5.78 Å². The fraction of sp³-hybridized carbons (Fsp3) is 0.909. The van der Waals surface area contributed by atoms with Crippen molar-refractivity contribution in [1.82, 2.24) is 9.21 Å². The molecule has 1 heterocycles. The Kier molecular flexibility index (Phi) is 5.09. The lowest BCUT2D eigenvalue weighted by Crippen LogP contribution is -2.49. The van der Waals surface area contributed by atoms with E-state index in [4.69, 9.17) is 0 Å². The van der Waals surface area contributed by atoms with Crippen LogP contribution in [0.2, 0.25) is 0 Å². The van der Waals surface area contributed by atoms with Crippen LogP contribution in [0.4, 0.5) is 0 Å². The van der Waals surface area contributed by atoms with Gasteiger partial charge in [-0.25, -0.2) is 8.42 Å². The van der Waals surface area contributed by atoms with Gasteiger partial charge in [0.15, 0.2) is 0 Å². The maximum Gasteiger partial charge on any atom is 0.211 e. The molecule has 1 saturated heterocycles. The van der Waals surface area contributed by atoms with Crippen LogP contribution in [0.1, 0.15) is 20.3 Å². The van der Waals surface area contributed by atoms with Gasteiger partial charge in [0, 0.05) is 32.1 Å². The van der Waals surface area contributed by atoms with Crippen LogP contribution >= 0.6 is 0 Å². The fourth-order valence-corrected chi connectivity index (χ4v) is 2.65.